The molecule has 1 atom stereocenters. The largest absolute Gasteiger partial charge is 0.383 e. The maximum absolute atomic E-state index is 12.9. The van der Waals surface area contributed by atoms with E-state index in [1.165, 1.54) is 11.9 Å². The quantitative estimate of drug-likeness (QED) is 0.439. The maximum atomic E-state index is 12.9. The van der Waals surface area contributed by atoms with Gasteiger partial charge in [-0.1, -0.05) is 42.0 Å². The third-order valence-electron chi connectivity index (χ3n) is 6.11. The van der Waals surface area contributed by atoms with E-state index >= 15 is 0 Å². The second-order valence-corrected chi connectivity index (χ2v) is 8.50. The first kappa shape index (κ1) is 21.1. The number of fused-ring (bicyclic) bond motifs is 1. The number of hydrogen-bond donors (Lipinski definition) is 3. The van der Waals surface area contributed by atoms with Crippen molar-refractivity contribution in [3.8, 4) is 11.3 Å². The van der Waals surface area contributed by atoms with Crippen molar-refractivity contribution in [2.24, 2.45) is 0 Å². The van der Waals surface area contributed by atoms with Gasteiger partial charge in [0.15, 0.2) is 5.65 Å². The molecule has 0 radical (unpaired) electrons. The molecule has 1 saturated heterocycles. The molecule has 0 unspecified atom stereocenters. The summed E-state index contributed by atoms with van der Waals surface area (Å²) in [6.07, 6.45) is 3.58. The van der Waals surface area contributed by atoms with E-state index < -0.39 is 0 Å². The summed E-state index contributed by atoms with van der Waals surface area (Å²) in [7, 11) is 0. The molecule has 1 aliphatic rings. The highest BCUT2D eigenvalue weighted by Gasteiger charge is 2.23. The lowest BCUT2D eigenvalue weighted by molar-refractivity contribution is 0.0951. The number of aryl methyl sites for hydroxylation is 1. The van der Waals surface area contributed by atoms with Gasteiger partial charge in [-0.25, -0.2) is 14.6 Å². The Morgan fingerprint density at radius 2 is 2.06 bits per heavy atom. The zero-order valence-corrected chi connectivity index (χ0v) is 18.6. The average Bonchev–Trinajstić information content (AvgIpc) is 3.25. The van der Waals surface area contributed by atoms with Crippen molar-refractivity contribution in [3.05, 3.63) is 71.5 Å². The van der Waals surface area contributed by atoms with Crippen LogP contribution in [0.2, 0.25) is 0 Å². The fourth-order valence-electron chi connectivity index (χ4n) is 4.29. The first-order valence-electron chi connectivity index (χ1n) is 11.2. The molecule has 3 heterocycles. The molecule has 1 amide bonds. The van der Waals surface area contributed by atoms with Crippen LogP contribution in [0.1, 0.15) is 40.4 Å². The topological polar surface area (TPSA) is 111 Å². The molecular weight excluding hydrogens is 414 g/mol. The van der Waals surface area contributed by atoms with Crippen LogP contribution in [0.3, 0.4) is 0 Å². The van der Waals surface area contributed by atoms with Gasteiger partial charge in [0.25, 0.3) is 5.91 Å². The van der Waals surface area contributed by atoms with Crippen molar-refractivity contribution in [1.82, 2.24) is 30.4 Å². The van der Waals surface area contributed by atoms with Crippen LogP contribution in [0.5, 0.6) is 0 Å². The van der Waals surface area contributed by atoms with E-state index in [0.29, 0.717) is 23.6 Å². The lowest BCUT2D eigenvalue weighted by Crippen LogP contribution is -2.32. The maximum Gasteiger partial charge on any atom is 0.251 e. The molecule has 8 nitrogen and oxygen atoms in total. The summed E-state index contributed by atoms with van der Waals surface area (Å²) < 4.78 is 1.96. The minimum Gasteiger partial charge on any atom is -0.383 e. The van der Waals surface area contributed by atoms with E-state index in [2.05, 4.69) is 20.6 Å². The fraction of sp³-hybridized carbons (Fsp3) is 0.280. The van der Waals surface area contributed by atoms with E-state index in [-0.39, 0.29) is 11.9 Å². The predicted octanol–water partition coefficient (Wildman–Crippen LogP) is 3.24. The molecule has 2 aromatic carbocycles. The number of rotatable bonds is 5. The van der Waals surface area contributed by atoms with Crippen LogP contribution in [0, 0.1) is 6.92 Å². The molecule has 5 rings (SSSR count). The van der Waals surface area contributed by atoms with E-state index in [0.717, 1.165) is 48.1 Å². The second-order valence-electron chi connectivity index (χ2n) is 8.50. The van der Waals surface area contributed by atoms with Gasteiger partial charge in [-0.3, -0.25) is 4.79 Å². The van der Waals surface area contributed by atoms with Crippen LogP contribution in [0.15, 0.2) is 54.9 Å². The molecule has 0 saturated carbocycles. The van der Waals surface area contributed by atoms with Gasteiger partial charge in [0.2, 0.25) is 0 Å². The molecule has 33 heavy (non-hydrogen) atoms. The van der Waals surface area contributed by atoms with Crippen molar-refractivity contribution in [1.29, 1.82) is 0 Å². The minimum absolute atomic E-state index is 0.137. The van der Waals surface area contributed by atoms with Gasteiger partial charge in [0, 0.05) is 24.2 Å². The highest BCUT2D eigenvalue weighted by molar-refractivity contribution is 6.00. The van der Waals surface area contributed by atoms with Crippen molar-refractivity contribution in [2.45, 2.75) is 32.4 Å². The Balaban J connectivity index is 1.46. The van der Waals surface area contributed by atoms with E-state index in [1.54, 1.807) is 6.07 Å². The van der Waals surface area contributed by atoms with Crippen LogP contribution >= 0.6 is 0 Å². The van der Waals surface area contributed by atoms with E-state index in [9.17, 15) is 4.79 Å². The number of aromatic nitrogens is 4. The summed E-state index contributed by atoms with van der Waals surface area (Å²) in [4.78, 5) is 21.5. The minimum atomic E-state index is -0.137. The number of amides is 1. The summed E-state index contributed by atoms with van der Waals surface area (Å²) in [6.45, 7) is 4.36. The number of piperidine rings is 1. The third-order valence-corrected chi connectivity index (χ3v) is 6.11. The number of nitrogen functional groups attached to an aromatic ring is 1. The molecule has 1 aliphatic heterocycles. The Bertz CT molecular complexity index is 1290. The summed E-state index contributed by atoms with van der Waals surface area (Å²) >= 11 is 0. The van der Waals surface area contributed by atoms with Gasteiger partial charge in [0.1, 0.15) is 17.8 Å². The highest BCUT2D eigenvalue weighted by atomic mass is 16.1. The van der Waals surface area contributed by atoms with Gasteiger partial charge in [0.05, 0.1) is 11.4 Å². The fourth-order valence-corrected chi connectivity index (χ4v) is 4.29. The third kappa shape index (κ3) is 4.29. The van der Waals surface area contributed by atoms with Crippen molar-refractivity contribution >= 4 is 22.8 Å². The number of benzene rings is 2. The first-order valence-corrected chi connectivity index (χ1v) is 11.2. The van der Waals surface area contributed by atoms with Crippen molar-refractivity contribution in [3.63, 3.8) is 0 Å². The van der Waals surface area contributed by atoms with Crippen molar-refractivity contribution < 1.29 is 4.79 Å². The van der Waals surface area contributed by atoms with Crippen LogP contribution in [-0.4, -0.2) is 38.7 Å². The summed E-state index contributed by atoms with van der Waals surface area (Å²) in [5.74, 6) is 0.251. The monoisotopic (exact) mass is 441 g/mol. The lowest BCUT2D eigenvalue weighted by atomic mass is 10.1. The molecule has 0 aliphatic carbocycles. The lowest BCUT2D eigenvalue weighted by Gasteiger charge is -2.23. The predicted molar refractivity (Wildman–Crippen MR) is 129 cm³/mol. The second kappa shape index (κ2) is 8.99. The summed E-state index contributed by atoms with van der Waals surface area (Å²) in [5, 5.41) is 12.1. The van der Waals surface area contributed by atoms with E-state index in [1.807, 2.05) is 54.1 Å². The van der Waals surface area contributed by atoms with Gasteiger partial charge >= 0.3 is 0 Å². The molecule has 4 aromatic rings. The number of carbonyl (C=O) groups excluding carboxylic acids is 1. The number of carbonyl (C=O) groups is 1. The molecule has 4 N–H and O–H groups in total. The normalized spacial score (nSPS) is 16.1. The molecule has 8 heteroatoms. The summed E-state index contributed by atoms with van der Waals surface area (Å²) in [6, 6.07) is 15.8. The van der Waals surface area contributed by atoms with Gasteiger partial charge in [-0.2, -0.15) is 5.10 Å². The van der Waals surface area contributed by atoms with E-state index in [4.69, 9.17) is 10.8 Å². The SMILES string of the molecule is Cc1ccc(CNC(=O)c2cccc(-c3nn([C@@H]4CCCNC4)c4ncnc(N)c34)c2)cc1. The number of anilines is 1. The van der Waals surface area contributed by atoms with Crippen LogP contribution < -0.4 is 16.4 Å². The standard InChI is InChI=1S/C25H27N7O/c1-16-7-9-17(10-8-16)13-28-25(33)19-5-2-4-18(12-19)22-21-23(26)29-15-30-24(21)32(31-22)20-6-3-11-27-14-20/h2,4-5,7-10,12,15,20,27H,3,6,11,13-14H2,1H3,(H,28,33)(H2,26,29,30)/t20-/m1/s1. The first-order chi connectivity index (χ1) is 16.1. The molecule has 2 aromatic heterocycles. The Hall–Kier alpha value is -3.78. The van der Waals surface area contributed by atoms with Gasteiger partial charge in [-0.05, 0) is 44.0 Å². The van der Waals surface area contributed by atoms with Gasteiger partial charge < -0.3 is 16.4 Å². The Labute approximate surface area is 192 Å². The Morgan fingerprint density at radius 3 is 2.85 bits per heavy atom. The van der Waals surface area contributed by atoms with Crippen LogP contribution in [0.25, 0.3) is 22.3 Å². The average molecular weight is 442 g/mol. The highest BCUT2D eigenvalue weighted by Crippen LogP contribution is 2.33. The molecule has 168 valence electrons. The van der Waals surface area contributed by atoms with Crippen molar-refractivity contribution in [2.75, 3.05) is 18.8 Å². The smallest absolute Gasteiger partial charge is 0.251 e. The number of nitrogens with zero attached hydrogens (tertiary/aromatic N) is 4. The zero-order valence-electron chi connectivity index (χ0n) is 18.6. The molecule has 0 bridgehead atoms. The zero-order chi connectivity index (χ0) is 22.8. The number of nitrogens with one attached hydrogen (secondary N) is 2. The van der Waals surface area contributed by atoms with Crippen LogP contribution in [0.4, 0.5) is 5.82 Å². The molecule has 1 fully saturated rings. The summed E-state index contributed by atoms with van der Waals surface area (Å²) in [5.41, 5.74) is 11.3. The molecule has 0 spiro atoms. The number of hydrogen-bond acceptors (Lipinski definition) is 6. The Kier molecular flexibility index (Phi) is 5.75. The molecular formula is C25H27N7O. The Morgan fingerprint density at radius 1 is 1.21 bits per heavy atom. The van der Waals surface area contributed by atoms with Gasteiger partial charge in [-0.15, -0.1) is 0 Å². The number of nitrogens with two attached hydrogens (primary N) is 1. The van der Waals surface area contributed by atoms with Crippen LogP contribution in [-0.2, 0) is 6.54 Å².